The number of benzene rings is 2. The first-order valence-corrected chi connectivity index (χ1v) is 22.1. The lowest BCUT2D eigenvalue weighted by Crippen LogP contribution is -2.35. The fraction of sp³-hybridized carbons (Fsp3) is 0.405. The summed E-state index contributed by atoms with van der Waals surface area (Å²) < 4.78 is 36.4. The van der Waals surface area contributed by atoms with Crippen LogP contribution in [0.15, 0.2) is 59.0 Å². The topological polar surface area (TPSA) is 173 Å². The highest BCUT2D eigenvalue weighted by atomic mass is 35.5. The molecule has 3 aliphatic rings. The number of carbonyl (C=O) groups is 3. The van der Waals surface area contributed by atoms with E-state index in [2.05, 4.69) is 41.7 Å². The first-order valence-electron chi connectivity index (χ1n) is 19.4. The van der Waals surface area contributed by atoms with E-state index in [0.29, 0.717) is 79.5 Å². The number of hydrogen-bond acceptors (Lipinski definition) is 11. The van der Waals surface area contributed by atoms with Crippen LogP contribution in [0.3, 0.4) is 0 Å². The molecular weight excluding hydrogens is 817 g/mol. The van der Waals surface area contributed by atoms with Gasteiger partial charge in [0.05, 0.1) is 30.9 Å². The molecule has 0 spiro atoms. The first-order chi connectivity index (χ1) is 28.3. The maximum Gasteiger partial charge on any atom is 0.259 e. The zero-order valence-electron chi connectivity index (χ0n) is 33.3. The van der Waals surface area contributed by atoms with E-state index in [4.69, 9.17) is 42.4 Å². The third-order valence-corrected chi connectivity index (χ3v) is 12.6. The van der Waals surface area contributed by atoms with Crippen LogP contribution in [0, 0.1) is 5.92 Å². The predicted molar refractivity (Wildman–Crippen MR) is 226 cm³/mol. The Morgan fingerprint density at radius 3 is 2.44 bits per heavy atom. The Kier molecular flexibility index (Phi) is 13.1. The van der Waals surface area contributed by atoms with Gasteiger partial charge in [0, 0.05) is 74.1 Å². The standard InChI is InChI=1S/C42H47Cl2N7O7S/c1-24(52)49-59(4,55)50-39(54)26-17-18-51(22-26)23-27-19-34(43)42(48-41(27)57-3)58-36-15-13-30-29(7-5-8-31(30)36)32-9-6-10-33(38(32)44)35-14-11-25(40(47-35)56-2)20-45-21-28-12-16-37(53)46-28/h5-11,14,19,26,28,36,45H,12-13,15-18,20-23H2,1-4H3,(H,46,53)(H,49,50,52,54,55)/t26-,28+,36+,59?/m1/s1. The molecule has 1 unspecified atom stereocenters. The Labute approximate surface area is 354 Å². The van der Waals surface area contributed by atoms with Crippen molar-refractivity contribution in [3.63, 3.8) is 0 Å². The van der Waals surface area contributed by atoms with Crippen molar-refractivity contribution in [1.82, 2.24) is 30.2 Å². The number of rotatable bonds is 14. The van der Waals surface area contributed by atoms with Crippen molar-refractivity contribution in [3.8, 4) is 40.0 Å². The molecule has 1 aliphatic carbocycles. The van der Waals surface area contributed by atoms with Crippen LogP contribution in [-0.4, -0.2) is 82.9 Å². The highest BCUT2D eigenvalue weighted by molar-refractivity contribution is 7.91. The molecule has 3 N–H and O–H groups in total. The van der Waals surface area contributed by atoms with Crippen molar-refractivity contribution in [2.45, 2.75) is 64.3 Å². The molecule has 2 saturated heterocycles. The molecule has 3 amide bonds. The lowest BCUT2D eigenvalue weighted by atomic mass is 9.94. The van der Waals surface area contributed by atoms with Crippen LogP contribution < -0.4 is 29.6 Å². The summed E-state index contributed by atoms with van der Waals surface area (Å²) in [4.78, 5) is 47.3. The Hall–Kier alpha value is -4.80. The lowest BCUT2D eigenvalue weighted by molar-refractivity contribution is -0.121. The van der Waals surface area contributed by atoms with Crippen LogP contribution in [0.25, 0.3) is 22.4 Å². The molecule has 2 aromatic carbocycles. The van der Waals surface area contributed by atoms with Crippen molar-refractivity contribution < 1.29 is 32.8 Å². The maximum absolute atomic E-state index is 12.8. The molecule has 59 heavy (non-hydrogen) atoms. The summed E-state index contributed by atoms with van der Waals surface area (Å²) in [6.45, 7) is 3.84. The predicted octanol–water partition coefficient (Wildman–Crippen LogP) is 6.07. The van der Waals surface area contributed by atoms with E-state index in [9.17, 15) is 18.6 Å². The van der Waals surface area contributed by atoms with Gasteiger partial charge in [0.25, 0.3) is 5.91 Å². The molecule has 4 heterocycles. The largest absolute Gasteiger partial charge is 0.481 e. The minimum atomic E-state index is -3.16. The highest BCUT2D eigenvalue weighted by Crippen LogP contribution is 2.45. The average Bonchev–Trinajstić information content (AvgIpc) is 3.95. The zero-order chi connectivity index (χ0) is 41.8. The van der Waals surface area contributed by atoms with Gasteiger partial charge in [0.15, 0.2) is 0 Å². The quantitative estimate of drug-likeness (QED) is 0.134. The molecule has 312 valence electrons. The SMILES string of the molecule is COc1nc(-c2cccc(-c3cccc4c3CC[C@@H]4Oc3nc(OC)c(CN4CC[C@@H](C(=O)N=S(C)(=O)NC(C)=O)C4)cc3Cl)c2Cl)ccc1CNC[C@@H]1CCC(=O)N1. The number of aromatic nitrogens is 2. The summed E-state index contributed by atoms with van der Waals surface area (Å²) in [5.74, 6) is -0.269. The fourth-order valence-corrected chi connectivity index (χ4v) is 9.64. The van der Waals surface area contributed by atoms with Gasteiger partial charge < -0.3 is 24.8 Å². The van der Waals surface area contributed by atoms with Crippen LogP contribution in [0.2, 0.25) is 10.0 Å². The zero-order valence-corrected chi connectivity index (χ0v) is 35.6. The summed E-state index contributed by atoms with van der Waals surface area (Å²) in [6, 6.07) is 17.9. The van der Waals surface area contributed by atoms with E-state index < -0.39 is 27.6 Å². The summed E-state index contributed by atoms with van der Waals surface area (Å²) in [6.07, 6.45) is 4.29. The molecule has 4 atom stereocenters. The number of pyridine rings is 2. The fourth-order valence-electron chi connectivity index (χ4n) is 8.03. The van der Waals surface area contributed by atoms with E-state index in [-0.39, 0.29) is 23.9 Å². The molecule has 17 heteroatoms. The number of methoxy groups -OCH3 is 2. The van der Waals surface area contributed by atoms with Crippen molar-refractivity contribution in [2.75, 3.05) is 40.1 Å². The van der Waals surface area contributed by atoms with Crippen molar-refractivity contribution >= 4 is 50.8 Å². The minimum absolute atomic E-state index is 0.0911. The van der Waals surface area contributed by atoms with Crippen LogP contribution in [0.5, 0.6) is 17.6 Å². The van der Waals surface area contributed by atoms with Gasteiger partial charge in [-0.3, -0.25) is 24.0 Å². The van der Waals surface area contributed by atoms with Gasteiger partial charge in [-0.2, -0.15) is 4.98 Å². The smallest absolute Gasteiger partial charge is 0.259 e. The number of likely N-dealkylation sites (tertiary alicyclic amines) is 1. The van der Waals surface area contributed by atoms with Crippen LogP contribution in [0.4, 0.5) is 0 Å². The van der Waals surface area contributed by atoms with E-state index in [1.54, 1.807) is 13.2 Å². The summed E-state index contributed by atoms with van der Waals surface area (Å²) in [7, 11) is -0.0252. The molecule has 2 aromatic heterocycles. The van der Waals surface area contributed by atoms with Gasteiger partial charge in [-0.05, 0) is 61.1 Å². The van der Waals surface area contributed by atoms with Gasteiger partial charge >= 0.3 is 0 Å². The second kappa shape index (κ2) is 18.2. The van der Waals surface area contributed by atoms with Gasteiger partial charge in [0.1, 0.15) is 21.0 Å². The Bertz CT molecular complexity index is 2410. The molecule has 14 nitrogen and oxygen atoms in total. The molecule has 0 saturated carbocycles. The van der Waals surface area contributed by atoms with Gasteiger partial charge in [-0.25, -0.2) is 9.19 Å². The molecule has 0 radical (unpaired) electrons. The summed E-state index contributed by atoms with van der Waals surface area (Å²) in [5, 5.41) is 7.28. The Balaban J connectivity index is 1.04. The number of carbonyl (C=O) groups excluding carboxylic acids is 3. The lowest BCUT2D eigenvalue weighted by Gasteiger charge is -2.20. The highest BCUT2D eigenvalue weighted by Gasteiger charge is 2.32. The van der Waals surface area contributed by atoms with Crippen molar-refractivity contribution in [3.05, 3.63) is 86.9 Å². The van der Waals surface area contributed by atoms with Crippen molar-refractivity contribution in [2.24, 2.45) is 10.3 Å². The third kappa shape index (κ3) is 9.82. The molecule has 2 fully saturated rings. The van der Waals surface area contributed by atoms with Crippen molar-refractivity contribution in [1.29, 1.82) is 0 Å². The molecular formula is C42H47Cl2N7O7S. The maximum atomic E-state index is 12.8. The number of nitrogens with zero attached hydrogens (tertiary/aromatic N) is 4. The Morgan fingerprint density at radius 1 is 0.949 bits per heavy atom. The van der Waals surface area contributed by atoms with E-state index in [1.807, 2.05) is 36.4 Å². The van der Waals surface area contributed by atoms with Crippen LogP contribution in [-0.2, 0) is 43.8 Å². The molecule has 2 aliphatic heterocycles. The third-order valence-electron chi connectivity index (χ3n) is 10.7. The van der Waals surface area contributed by atoms with E-state index in [1.165, 1.54) is 20.3 Å². The van der Waals surface area contributed by atoms with Crippen LogP contribution >= 0.6 is 23.2 Å². The van der Waals surface area contributed by atoms with E-state index in [0.717, 1.165) is 51.8 Å². The number of halogens is 2. The average molecular weight is 865 g/mol. The number of hydrogen-bond donors (Lipinski definition) is 3. The Morgan fingerprint density at radius 2 is 1.69 bits per heavy atom. The molecule has 0 bridgehead atoms. The first kappa shape index (κ1) is 42.3. The monoisotopic (exact) mass is 863 g/mol. The second-order valence-electron chi connectivity index (χ2n) is 15.0. The van der Waals surface area contributed by atoms with Gasteiger partial charge in [0.2, 0.25) is 29.5 Å². The van der Waals surface area contributed by atoms with E-state index >= 15 is 0 Å². The van der Waals surface area contributed by atoms with Gasteiger partial charge in [-0.15, -0.1) is 4.36 Å². The number of amides is 3. The molecule has 4 aromatic rings. The summed E-state index contributed by atoms with van der Waals surface area (Å²) >= 11 is 14.0. The second-order valence-corrected chi connectivity index (χ2v) is 17.8. The minimum Gasteiger partial charge on any atom is -0.481 e. The summed E-state index contributed by atoms with van der Waals surface area (Å²) in [5.41, 5.74) is 7.13. The number of nitrogens with one attached hydrogen (secondary N) is 3. The van der Waals surface area contributed by atoms with Crippen LogP contribution in [0.1, 0.15) is 61.0 Å². The number of fused-ring (bicyclic) bond motifs is 1. The molecule has 7 rings (SSSR count). The van der Waals surface area contributed by atoms with Gasteiger partial charge in [-0.1, -0.05) is 65.7 Å². The number of ether oxygens (including phenoxy) is 3. The normalized spacial score (nSPS) is 19.8.